The Bertz CT molecular complexity index is 854. The maximum Gasteiger partial charge on any atom is 0.417 e. The van der Waals surface area contributed by atoms with Gasteiger partial charge >= 0.3 is 6.18 Å². The van der Waals surface area contributed by atoms with Crippen LogP contribution in [0.5, 0.6) is 0 Å². The Kier molecular flexibility index (Phi) is 5.53. The van der Waals surface area contributed by atoms with E-state index in [0.717, 1.165) is 42.3 Å². The van der Waals surface area contributed by atoms with Gasteiger partial charge < -0.3 is 14.8 Å². The van der Waals surface area contributed by atoms with Crippen LogP contribution in [0, 0.1) is 0 Å². The van der Waals surface area contributed by atoms with Gasteiger partial charge in [-0.1, -0.05) is 0 Å². The van der Waals surface area contributed by atoms with Gasteiger partial charge in [0.2, 0.25) is 5.91 Å². The Morgan fingerprint density at radius 2 is 1.67 bits per heavy atom. The highest BCUT2D eigenvalue weighted by molar-refractivity contribution is 5.90. The van der Waals surface area contributed by atoms with Gasteiger partial charge in [-0.25, -0.2) is 0 Å². The van der Waals surface area contributed by atoms with Gasteiger partial charge in [-0.05, 0) is 49.6 Å². The van der Waals surface area contributed by atoms with E-state index in [0.29, 0.717) is 18.0 Å². The number of rotatable bonds is 4. The van der Waals surface area contributed by atoms with Gasteiger partial charge in [-0.3, -0.25) is 9.59 Å². The Balaban J connectivity index is 1.65. The number of carbonyl (C=O) groups excluding carboxylic acids is 1. The molecule has 0 radical (unpaired) electrons. The van der Waals surface area contributed by atoms with Crippen LogP contribution in [0.2, 0.25) is 0 Å². The molecule has 2 aromatic rings. The number of pyridine rings is 1. The predicted molar refractivity (Wildman–Crippen MR) is 96.8 cm³/mol. The van der Waals surface area contributed by atoms with Crippen LogP contribution in [0.3, 0.4) is 0 Å². The van der Waals surface area contributed by atoms with Crippen molar-refractivity contribution in [3.63, 3.8) is 0 Å². The van der Waals surface area contributed by atoms with Crippen molar-refractivity contribution in [3.8, 4) is 0 Å². The lowest BCUT2D eigenvalue weighted by molar-refractivity contribution is -0.138. The van der Waals surface area contributed by atoms with E-state index in [4.69, 9.17) is 0 Å². The molecule has 0 atom stereocenters. The van der Waals surface area contributed by atoms with Crippen molar-refractivity contribution in [1.29, 1.82) is 0 Å². The summed E-state index contributed by atoms with van der Waals surface area (Å²) in [6, 6.07) is 8.81. The molecular weight excluding hydrogens is 359 g/mol. The molecule has 2 heterocycles. The van der Waals surface area contributed by atoms with E-state index in [2.05, 4.69) is 10.2 Å². The zero-order chi connectivity index (χ0) is 19.4. The highest BCUT2D eigenvalue weighted by Crippen LogP contribution is 2.28. The third kappa shape index (κ3) is 4.90. The van der Waals surface area contributed by atoms with Gasteiger partial charge in [0.25, 0.3) is 5.56 Å². The minimum atomic E-state index is -4.57. The summed E-state index contributed by atoms with van der Waals surface area (Å²) in [6.45, 7) is 1.52. The van der Waals surface area contributed by atoms with Crippen LogP contribution in [0.4, 0.5) is 24.5 Å². The predicted octanol–water partition coefficient (Wildman–Crippen LogP) is 3.50. The third-order valence-corrected chi connectivity index (χ3v) is 4.50. The van der Waals surface area contributed by atoms with Crippen molar-refractivity contribution in [2.45, 2.75) is 32.0 Å². The number of hydrogen-bond acceptors (Lipinski definition) is 3. The van der Waals surface area contributed by atoms with E-state index in [1.54, 1.807) is 12.1 Å². The first-order valence-corrected chi connectivity index (χ1v) is 8.75. The molecule has 1 amide bonds. The van der Waals surface area contributed by atoms with Crippen LogP contribution < -0.4 is 15.8 Å². The first kappa shape index (κ1) is 19.0. The molecule has 1 fully saturated rings. The van der Waals surface area contributed by atoms with Crippen molar-refractivity contribution in [1.82, 2.24) is 4.57 Å². The highest BCUT2D eigenvalue weighted by Gasteiger charge is 2.31. The van der Waals surface area contributed by atoms with Crippen molar-refractivity contribution in [3.05, 3.63) is 58.5 Å². The molecule has 5 nitrogen and oxygen atoms in total. The van der Waals surface area contributed by atoms with Crippen molar-refractivity contribution < 1.29 is 18.0 Å². The van der Waals surface area contributed by atoms with Crippen molar-refractivity contribution >= 4 is 17.3 Å². The molecule has 27 heavy (non-hydrogen) atoms. The molecule has 0 unspecified atom stereocenters. The molecule has 1 aliphatic rings. The molecule has 1 aliphatic heterocycles. The summed E-state index contributed by atoms with van der Waals surface area (Å²) in [7, 11) is 0. The van der Waals surface area contributed by atoms with Gasteiger partial charge in [-0.15, -0.1) is 0 Å². The second kappa shape index (κ2) is 7.85. The zero-order valence-electron chi connectivity index (χ0n) is 14.6. The number of aromatic nitrogens is 1. The van der Waals surface area contributed by atoms with Crippen LogP contribution >= 0.6 is 0 Å². The standard InChI is InChI=1S/C19H20F3N3O2/c20-19(21,22)14-4-9-18(27)25(12-14)13-17(26)23-15-5-7-16(8-6-15)24-10-2-1-3-11-24/h4-9,12H,1-3,10-11,13H2,(H,23,26). The summed E-state index contributed by atoms with van der Waals surface area (Å²) in [4.78, 5) is 26.1. The first-order valence-electron chi connectivity index (χ1n) is 8.75. The van der Waals surface area contributed by atoms with Crippen LogP contribution in [0.1, 0.15) is 24.8 Å². The SMILES string of the molecule is O=C(Cn1cc(C(F)(F)F)ccc1=O)Nc1ccc(N2CCCCC2)cc1. The smallest absolute Gasteiger partial charge is 0.372 e. The van der Waals surface area contributed by atoms with Gasteiger partial charge in [0.05, 0.1) is 5.56 Å². The number of nitrogens with zero attached hydrogens (tertiary/aromatic N) is 2. The Morgan fingerprint density at radius 3 is 2.30 bits per heavy atom. The summed E-state index contributed by atoms with van der Waals surface area (Å²) in [5, 5.41) is 2.61. The highest BCUT2D eigenvalue weighted by atomic mass is 19.4. The largest absolute Gasteiger partial charge is 0.417 e. The van der Waals surface area contributed by atoms with E-state index < -0.39 is 29.8 Å². The number of piperidine rings is 1. The number of alkyl halides is 3. The monoisotopic (exact) mass is 379 g/mol. The number of anilines is 2. The zero-order valence-corrected chi connectivity index (χ0v) is 14.6. The second-order valence-corrected chi connectivity index (χ2v) is 6.52. The Labute approximate surface area is 154 Å². The second-order valence-electron chi connectivity index (χ2n) is 6.52. The van der Waals surface area contributed by atoms with E-state index in [-0.39, 0.29) is 0 Å². The van der Waals surface area contributed by atoms with Gasteiger partial charge in [-0.2, -0.15) is 13.2 Å². The number of nitrogens with one attached hydrogen (secondary N) is 1. The van der Waals surface area contributed by atoms with Crippen LogP contribution in [0.25, 0.3) is 0 Å². The third-order valence-electron chi connectivity index (χ3n) is 4.50. The quantitative estimate of drug-likeness (QED) is 0.885. The molecule has 0 saturated carbocycles. The van der Waals surface area contributed by atoms with Gasteiger partial charge in [0.15, 0.2) is 0 Å². The fourth-order valence-corrected chi connectivity index (χ4v) is 3.09. The molecule has 1 N–H and O–H groups in total. The van der Waals surface area contributed by atoms with Crippen LogP contribution in [-0.4, -0.2) is 23.6 Å². The van der Waals surface area contributed by atoms with Crippen molar-refractivity contribution in [2.75, 3.05) is 23.3 Å². The fourth-order valence-electron chi connectivity index (χ4n) is 3.09. The summed E-state index contributed by atoms with van der Waals surface area (Å²) in [5.41, 5.74) is -0.0398. The lowest BCUT2D eigenvalue weighted by atomic mass is 10.1. The average Bonchev–Trinajstić information content (AvgIpc) is 2.64. The molecule has 0 bridgehead atoms. The molecule has 144 valence electrons. The van der Waals surface area contributed by atoms with E-state index >= 15 is 0 Å². The Morgan fingerprint density at radius 1 is 1.00 bits per heavy atom. The minimum absolute atomic E-state index is 0.489. The molecule has 1 aromatic carbocycles. The van der Waals surface area contributed by atoms with E-state index in [1.165, 1.54) is 6.42 Å². The molecular formula is C19H20F3N3O2. The molecule has 0 aliphatic carbocycles. The molecule has 1 aromatic heterocycles. The summed E-state index contributed by atoms with van der Waals surface area (Å²) >= 11 is 0. The fraction of sp³-hybridized carbons (Fsp3) is 0.368. The van der Waals surface area contributed by atoms with Crippen LogP contribution in [0.15, 0.2) is 47.4 Å². The average molecular weight is 379 g/mol. The molecule has 3 rings (SSSR count). The molecule has 1 saturated heterocycles. The number of benzene rings is 1. The normalized spacial score (nSPS) is 14.9. The lowest BCUT2D eigenvalue weighted by Crippen LogP contribution is -2.29. The van der Waals surface area contributed by atoms with Gasteiger partial charge in [0, 0.05) is 36.7 Å². The van der Waals surface area contributed by atoms with E-state index in [9.17, 15) is 22.8 Å². The maximum atomic E-state index is 12.8. The van der Waals surface area contributed by atoms with Crippen LogP contribution in [-0.2, 0) is 17.5 Å². The number of carbonyl (C=O) groups is 1. The van der Waals surface area contributed by atoms with Gasteiger partial charge in [0.1, 0.15) is 6.54 Å². The topological polar surface area (TPSA) is 54.3 Å². The maximum absolute atomic E-state index is 12.8. The summed E-state index contributed by atoms with van der Waals surface area (Å²) in [6.07, 6.45) is -0.369. The lowest BCUT2D eigenvalue weighted by Gasteiger charge is -2.28. The summed E-state index contributed by atoms with van der Waals surface area (Å²) < 4.78 is 39.0. The Hall–Kier alpha value is -2.77. The number of hydrogen-bond donors (Lipinski definition) is 1. The first-order chi connectivity index (χ1) is 12.8. The molecule has 8 heteroatoms. The van der Waals surface area contributed by atoms with Crippen molar-refractivity contribution in [2.24, 2.45) is 0 Å². The number of amides is 1. The minimum Gasteiger partial charge on any atom is -0.372 e. The number of halogens is 3. The molecule has 0 spiro atoms. The van der Waals surface area contributed by atoms with E-state index in [1.807, 2.05) is 12.1 Å². The summed E-state index contributed by atoms with van der Waals surface area (Å²) in [5.74, 6) is -0.567.